The van der Waals surface area contributed by atoms with Gasteiger partial charge in [-0.05, 0) is 19.8 Å². The summed E-state index contributed by atoms with van der Waals surface area (Å²) in [7, 11) is 0. The first-order valence-electron chi connectivity index (χ1n) is 5.20. The molecule has 0 saturated carbocycles. The van der Waals surface area contributed by atoms with Gasteiger partial charge in [0.2, 0.25) is 0 Å². The molecule has 86 valence electrons. The summed E-state index contributed by atoms with van der Waals surface area (Å²) in [5.41, 5.74) is -1.07. The molecule has 0 bridgehead atoms. The molecule has 1 aliphatic rings. The van der Waals surface area contributed by atoms with Crippen LogP contribution < -0.4 is 0 Å². The summed E-state index contributed by atoms with van der Waals surface area (Å²) < 4.78 is 4.96. The van der Waals surface area contributed by atoms with E-state index in [1.165, 1.54) is 4.90 Å². The molecule has 0 aromatic heterocycles. The Kier molecular flexibility index (Phi) is 3.55. The average Bonchev–Trinajstić information content (AvgIpc) is 2.15. The molecule has 1 unspecified atom stereocenters. The Labute approximate surface area is 89.0 Å². The van der Waals surface area contributed by atoms with Crippen LogP contribution in [-0.4, -0.2) is 40.8 Å². The van der Waals surface area contributed by atoms with E-state index in [4.69, 9.17) is 9.84 Å². The summed E-state index contributed by atoms with van der Waals surface area (Å²) in [5.74, 6) is -0.971. The van der Waals surface area contributed by atoms with Crippen molar-refractivity contribution >= 4 is 12.1 Å². The lowest BCUT2D eigenvalue weighted by molar-refractivity contribution is -0.157. The number of nitrogens with zero attached hydrogens (tertiary/aromatic N) is 1. The van der Waals surface area contributed by atoms with Crippen LogP contribution in [0.2, 0.25) is 0 Å². The number of aliphatic carboxylic acids is 1. The first kappa shape index (κ1) is 11.8. The minimum Gasteiger partial charge on any atom is -0.480 e. The fourth-order valence-corrected chi connectivity index (χ4v) is 1.46. The van der Waals surface area contributed by atoms with Crippen molar-refractivity contribution in [1.82, 2.24) is 4.90 Å². The van der Waals surface area contributed by atoms with Gasteiger partial charge in [0.25, 0.3) is 0 Å². The number of carbonyl (C=O) groups excluding carboxylic acids is 1. The smallest absolute Gasteiger partial charge is 0.410 e. The maximum absolute atomic E-state index is 11.5. The van der Waals surface area contributed by atoms with Crippen LogP contribution in [0.25, 0.3) is 0 Å². The number of unbranched alkanes of at least 4 members (excludes halogenated alkanes) is 1. The van der Waals surface area contributed by atoms with Crippen LogP contribution in [0.4, 0.5) is 4.79 Å². The lowest BCUT2D eigenvalue weighted by atomic mass is 9.87. The SMILES string of the molecule is CCCCOC(=O)N1CCC1(C)C(=O)O. The van der Waals surface area contributed by atoms with Crippen molar-refractivity contribution in [2.75, 3.05) is 13.2 Å². The Balaban J connectivity index is 2.44. The predicted molar refractivity (Wildman–Crippen MR) is 53.6 cm³/mol. The zero-order valence-electron chi connectivity index (χ0n) is 9.15. The number of hydrogen-bond acceptors (Lipinski definition) is 3. The van der Waals surface area contributed by atoms with Gasteiger partial charge in [-0.25, -0.2) is 9.59 Å². The molecule has 1 saturated heterocycles. The molecule has 5 heteroatoms. The van der Waals surface area contributed by atoms with Crippen LogP contribution in [-0.2, 0) is 9.53 Å². The van der Waals surface area contributed by atoms with Crippen molar-refractivity contribution in [1.29, 1.82) is 0 Å². The maximum atomic E-state index is 11.5. The van der Waals surface area contributed by atoms with Crippen molar-refractivity contribution in [3.8, 4) is 0 Å². The second-order valence-electron chi connectivity index (χ2n) is 3.95. The summed E-state index contributed by atoms with van der Waals surface area (Å²) >= 11 is 0. The number of ether oxygens (including phenoxy) is 1. The zero-order valence-corrected chi connectivity index (χ0v) is 9.15. The Morgan fingerprint density at radius 1 is 1.53 bits per heavy atom. The van der Waals surface area contributed by atoms with E-state index < -0.39 is 17.6 Å². The molecule has 0 spiro atoms. The standard InChI is InChI=1S/C10H17NO4/c1-3-4-7-15-9(14)11-6-5-10(11,2)8(12)13/h3-7H2,1-2H3,(H,12,13). The lowest BCUT2D eigenvalue weighted by Gasteiger charge is -2.46. The second-order valence-corrected chi connectivity index (χ2v) is 3.95. The fraction of sp³-hybridized carbons (Fsp3) is 0.800. The maximum Gasteiger partial charge on any atom is 0.410 e. The minimum atomic E-state index is -1.07. The molecule has 1 heterocycles. The highest BCUT2D eigenvalue weighted by molar-refractivity contribution is 5.85. The van der Waals surface area contributed by atoms with Gasteiger partial charge in [0.05, 0.1) is 6.61 Å². The molecule has 0 aromatic carbocycles. The van der Waals surface area contributed by atoms with Gasteiger partial charge >= 0.3 is 12.1 Å². The molecule has 1 amide bonds. The van der Waals surface area contributed by atoms with Gasteiger partial charge in [0.15, 0.2) is 0 Å². The Morgan fingerprint density at radius 2 is 2.20 bits per heavy atom. The molecule has 15 heavy (non-hydrogen) atoms. The Hall–Kier alpha value is -1.26. The zero-order chi connectivity index (χ0) is 11.5. The van der Waals surface area contributed by atoms with E-state index in [-0.39, 0.29) is 0 Å². The predicted octanol–water partition coefficient (Wildman–Crippen LogP) is 1.47. The van der Waals surface area contributed by atoms with Gasteiger partial charge in [-0.1, -0.05) is 13.3 Å². The molecule has 1 N–H and O–H groups in total. The Morgan fingerprint density at radius 3 is 2.60 bits per heavy atom. The first-order valence-corrected chi connectivity index (χ1v) is 5.20. The largest absolute Gasteiger partial charge is 0.480 e. The van der Waals surface area contributed by atoms with E-state index >= 15 is 0 Å². The molecule has 1 aliphatic heterocycles. The summed E-state index contributed by atoms with van der Waals surface area (Å²) in [4.78, 5) is 23.6. The van der Waals surface area contributed by atoms with Gasteiger partial charge in [-0.2, -0.15) is 0 Å². The van der Waals surface area contributed by atoms with E-state index in [1.807, 2.05) is 6.92 Å². The Bertz CT molecular complexity index is 266. The van der Waals surface area contributed by atoms with Crippen molar-refractivity contribution < 1.29 is 19.4 Å². The monoisotopic (exact) mass is 215 g/mol. The second kappa shape index (κ2) is 4.51. The molecular formula is C10H17NO4. The summed E-state index contributed by atoms with van der Waals surface area (Å²) in [6.07, 6.45) is 1.73. The van der Waals surface area contributed by atoms with Crippen molar-refractivity contribution in [2.45, 2.75) is 38.6 Å². The van der Waals surface area contributed by atoms with E-state index in [0.717, 1.165) is 12.8 Å². The number of carboxylic acid groups (broad SMARTS) is 1. The van der Waals surface area contributed by atoms with E-state index in [0.29, 0.717) is 19.6 Å². The highest BCUT2D eigenvalue weighted by atomic mass is 16.6. The number of amides is 1. The van der Waals surface area contributed by atoms with Gasteiger partial charge < -0.3 is 9.84 Å². The molecule has 1 atom stereocenters. The number of hydrogen-bond donors (Lipinski definition) is 1. The molecular weight excluding hydrogens is 198 g/mol. The normalized spacial score (nSPS) is 24.5. The van der Waals surface area contributed by atoms with Crippen molar-refractivity contribution in [3.63, 3.8) is 0 Å². The molecule has 1 fully saturated rings. The van der Waals surface area contributed by atoms with Crippen LogP contribution in [0.15, 0.2) is 0 Å². The third kappa shape index (κ3) is 2.22. The average molecular weight is 215 g/mol. The van der Waals surface area contributed by atoms with Gasteiger partial charge in [0, 0.05) is 6.54 Å². The van der Waals surface area contributed by atoms with E-state index in [1.54, 1.807) is 6.92 Å². The third-order valence-corrected chi connectivity index (χ3v) is 2.82. The third-order valence-electron chi connectivity index (χ3n) is 2.82. The molecule has 5 nitrogen and oxygen atoms in total. The van der Waals surface area contributed by atoms with Gasteiger partial charge in [-0.3, -0.25) is 4.90 Å². The number of rotatable bonds is 4. The highest BCUT2D eigenvalue weighted by Gasteiger charge is 2.50. The van der Waals surface area contributed by atoms with Gasteiger partial charge in [-0.15, -0.1) is 0 Å². The van der Waals surface area contributed by atoms with Crippen LogP contribution in [0, 0.1) is 0 Å². The summed E-state index contributed by atoms with van der Waals surface area (Å²) in [5, 5.41) is 8.93. The number of carbonyl (C=O) groups is 2. The van der Waals surface area contributed by atoms with E-state index in [9.17, 15) is 9.59 Å². The first-order chi connectivity index (χ1) is 7.02. The van der Waals surface area contributed by atoms with Gasteiger partial charge in [0.1, 0.15) is 5.54 Å². The lowest BCUT2D eigenvalue weighted by Crippen LogP contribution is -2.64. The fourth-order valence-electron chi connectivity index (χ4n) is 1.46. The van der Waals surface area contributed by atoms with E-state index in [2.05, 4.69) is 0 Å². The minimum absolute atomic E-state index is 0.363. The molecule has 0 radical (unpaired) electrons. The molecule has 0 aliphatic carbocycles. The number of likely N-dealkylation sites (tertiary alicyclic amines) is 1. The quantitative estimate of drug-likeness (QED) is 0.721. The highest BCUT2D eigenvalue weighted by Crippen LogP contribution is 2.31. The topological polar surface area (TPSA) is 66.8 Å². The van der Waals surface area contributed by atoms with Crippen LogP contribution in [0.3, 0.4) is 0 Å². The van der Waals surface area contributed by atoms with Crippen molar-refractivity contribution in [2.24, 2.45) is 0 Å². The summed E-state index contributed by atoms with van der Waals surface area (Å²) in [6, 6.07) is 0. The van der Waals surface area contributed by atoms with Crippen LogP contribution in [0.1, 0.15) is 33.1 Å². The molecule has 1 rings (SSSR count). The van der Waals surface area contributed by atoms with Crippen molar-refractivity contribution in [3.05, 3.63) is 0 Å². The summed E-state index contributed by atoms with van der Waals surface area (Å²) in [6.45, 7) is 4.37. The number of carboxylic acids is 1. The molecule has 0 aromatic rings. The van der Waals surface area contributed by atoms with Crippen LogP contribution in [0.5, 0.6) is 0 Å². The van der Waals surface area contributed by atoms with Crippen LogP contribution >= 0.6 is 0 Å².